The van der Waals surface area contributed by atoms with Gasteiger partial charge in [-0.05, 0) is 6.07 Å². The SMILES string of the molecule is CC(=O)OC[C@H]1OC[C@](OC(C)=O)(n2cnc3c(Cl)cc(Cl)nc32)[C@@H]1OC(C)=O. The Hall–Kier alpha value is -2.43. The van der Waals surface area contributed by atoms with Crippen molar-refractivity contribution in [3.8, 4) is 0 Å². The zero-order chi connectivity index (χ0) is 21.3. The first-order chi connectivity index (χ1) is 13.6. The molecule has 0 spiro atoms. The summed E-state index contributed by atoms with van der Waals surface area (Å²) in [6.07, 6.45) is -0.744. The Bertz CT molecular complexity index is 979. The molecule has 3 atom stereocenters. The molecule has 1 saturated heterocycles. The van der Waals surface area contributed by atoms with Crippen LogP contribution in [-0.4, -0.2) is 57.9 Å². The standard InChI is InChI=1S/C17H17Cl2N3O7/c1-8(23)26-5-12-15(28-9(2)24)17(6-27-12,29-10(3)25)22-7-20-14-11(18)4-13(19)21-16(14)22/h4,7,12,15H,5-6H2,1-3H3/t12-,15-,17-/m1/s1. The average Bonchev–Trinajstić information content (AvgIpc) is 3.15. The van der Waals surface area contributed by atoms with E-state index >= 15 is 0 Å². The molecule has 0 N–H and O–H groups in total. The Morgan fingerprint density at radius 1 is 1.24 bits per heavy atom. The van der Waals surface area contributed by atoms with E-state index in [1.54, 1.807) is 0 Å². The second-order valence-corrected chi connectivity index (χ2v) is 7.13. The van der Waals surface area contributed by atoms with Crippen LogP contribution in [0.5, 0.6) is 0 Å². The smallest absolute Gasteiger partial charge is 0.304 e. The summed E-state index contributed by atoms with van der Waals surface area (Å²) in [7, 11) is 0. The monoisotopic (exact) mass is 445 g/mol. The minimum Gasteiger partial charge on any atom is -0.463 e. The van der Waals surface area contributed by atoms with Crippen molar-refractivity contribution >= 4 is 52.3 Å². The number of rotatable bonds is 5. The Morgan fingerprint density at radius 2 is 1.97 bits per heavy atom. The van der Waals surface area contributed by atoms with Gasteiger partial charge in [0, 0.05) is 20.8 Å². The van der Waals surface area contributed by atoms with E-state index in [4.69, 9.17) is 42.1 Å². The molecule has 0 amide bonds. The predicted molar refractivity (Wildman–Crippen MR) is 99.2 cm³/mol. The number of halogens is 2. The lowest BCUT2D eigenvalue weighted by Crippen LogP contribution is -2.52. The lowest BCUT2D eigenvalue weighted by Gasteiger charge is -2.34. The van der Waals surface area contributed by atoms with Crippen LogP contribution >= 0.6 is 23.2 Å². The van der Waals surface area contributed by atoms with Gasteiger partial charge in [-0.25, -0.2) is 9.97 Å². The molecule has 3 heterocycles. The Balaban J connectivity index is 2.16. The second kappa shape index (κ2) is 8.13. The largest absolute Gasteiger partial charge is 0.463 e. The van der Waals surface area contributed by atoms with Gasteiger partial charge in [0.1, 0.15) is 36.3 Å². The van der Waals surface area contributed by atoms with E-state index in [2.05, 4.69) is 9.97 Å². The predicted octanol–water partition coefficient (Wildman–Crippen LogP) is 1.85. The van der Waals surface area contributed by atoms with Crippen molar-refractivity contribution in [2.24, 2.45) is 0 Å². The van der Waals surface area contributed by atoms with Crippen molar-refractivity contribution in [2.75, 3.05) is 13.2 Å². The van der Waals surface area contributed by atoms with Gasteiger partial charge in [0.25, 0.3) is 5.72 Å². The van der Waals surface area contributed by atoms with Gasteiger partial charge in [-0.15, -0.1) is 0 Å². The zero-order valence-electron chi connectivity index (χ0n) is 15.7. The van der Waals surface area contributed by atoms with E-state index in [0.29, 0.717) is 5.52 Å². The fraction of sp³-hybridized carbons (Fsp3) is 0.471. The minimum atomic E-state index is -1.67. The molecule has 0 aromatic carbocycles. The van der Waals surface area contributed by atoms with Gasteiger partial charge in [-0.3, -0.25) is 19.0 Å². The van der Waals surface area contributed by atoms with Crippen molar-refractivity contribution in [2.45, 2.75) is 38.7 Å². The highest BCUT2D eigenvalue weighted by Gasteiger charge is 2.58. The summed E-state index contributed by atoms with van der Waals surface area (Å²) in [5.41, 5.74) is -1.18. The number of aromatic nitrogens is 3. The molecule has 0 aliphatic carbocycles. The minimum absolute atomic E-state index is 0.0849. The number of ether oxygens (including phenoxy) is 4. The highest BCUT2D eigenvalue weighted by molar-refractivity contribution is 6.37. The number of hydrogen-bond acceptors (Lipinski definition) is 9. The summed E-state index contributed by atoms with van der Waals surface area (Å²) in [6.45, 7) is 3.16. The first kappa shape index (κ1) is 21.3. The molecule has 12 heteroatoms. The molecule has 10 nitrogen and oxygen atoms in total. The molecule has 0 radical (unpaired) electrons. The van der Waals surface area contributed by atoms with Gasteiger partial charge in [0.15, 0.2) is 11.8 Å². The van der Waals surface area contributed by atoms with Crippen molar-refractivity contribution in [1.82, 2.24) is 14.5 Å². The number of hydrogen-bond donors (Lipinski definition) is 0. The maximum absolute atomic E-state index is 12.0. The van der Waals surface area contributed by atoms with Crippen LogP contribution in [0.3, 0.4) is 0 Å². The van der Waals surface area contributed by atoms with E-state index in [0.717, 1.165) is 0 Å². The first-order valence-electron chi connectivity index (χ1n) is 8.45. The van der Waals surface area contributed by atoms with E-state index in [1.165, 1.54) is 37.7 Å². The third kappa shape index (κ3) is 4.14. The molecular formula is C17H17Cl2N3O7. The highest BCUT2D eigenvalue weighted by Crippen LogP contribution is 2.39. The van der Waals surface area contributed by atoms with Gasteiger partial charge < -0.3 is 18.9 Å². The Labute approximate surface area is 175 Å². The van der Waals surface area contributed by atoms with Gasteiger partial charge in [-0.2, -0.15) is 0 Å². The van der Waals surface area contributed by atoms with Crippen LogP contribution in [0.1, 0.15) is 20.8 Å². The van der Waals surface area contributed by atoms with Crippen LogP contribution in [0.2, 0.25) is 10.2 Å². The third-order valence-electron chi connectivity index (χ3n) is 4.19. The van der Waals surface area contributed by atoms with Crippen LogP contribution in [0, 0.1) is 0 Å². The summed E-state index contributed by atoms with van der Waals surface area (Å²) in [5.74, 6) is -1.87. The number of pyridine rings is 1. The summed E-state index contributed by atoms with van der Waals surface area (Å²) < 4.78 is 23.1. The Kier molecular flexibility index (Phi) is 5.97. The average molecular weight is 446 g/mol. The molecule has 1 fully saturated rings. The van der Waals surface area contributed by atoms with Crippen molar-refractivity contribution in [1.29, 1.82) is 0 Å². The first-order valence-corrected chi connectivity index (χ1v) is 9.21. The second-order valence-electron chi connectivity index (χ2n) is 6.33. The van der Waals surface area contributed by atoms with Crippen LogP contribution in [0.4, 0.5) is 0 Å². The quantitative estimate of drug-likeness (QED) is 0.385. The number of carbonyl (C=O) groups excluding carboxylic acids is 3. The topological polar surface area (TPSA) is 119 Å². The molecule has 1 aliphatic rings. The molecule has 0 unspecified atom stereocenters. The lowest BCUT2D eigenvalue weighted by atomic mass is 10.0. The van der Waals surface area contributed by atoms with Crippen LogP contribution in [0.25, 0.3) is 11.2 Å². The third-order valence-corrected chi connectivity index (χ3v) is 4.67. The zero-order valence-corrected chi connectivity index (χ0v) is 17.2. The van der Waals surface area contributed by atoms with E-state index in [1.807, 2.05) is 0 Å². The normalized spacial score (nSPS) is 23.8. The molecular weight excluding hydrogens is 429 g/mol. The lowest BCUT2D eigenvalue weighted by molar-refractivity contribution is -0.196. The molecule has 29 heavy (non-hydrogen) atoms. The summed E-state index contributed by atoms with van der Waals surface area (Å²) in [6, 6.07) is 1.42. The molecule has 3 rings (SSSR count). The maximum Gasteiger partial charge on any atom is 0.304 e. The summed E-state index contributed by atoms with van der Waals surface area (Å²) >= 11 is 12.2. The molecule has 1 aliphatic heterocycles. The van der Waals surface area contributed by atoms with Gasteiger partial charge in [0.05, 0.1) is 5.02 Å². The fourth-order valence-corrected chi connectivity index (χ4v) is 3.64. The number of nitrogens with zero attached hydrogens (tertiary/aromatic N) is 3. The molecule has 156 valence electrons. The van der Waals surface area contributed by atoms with Gasteiger partial charge >= 0.3 is 17.9 Å². The van der Waals surface area contributed by atoms with E-state index in [9.17, 15) is 14.4 Å². The summed E-state index contributed by atoms with van der Waals surface area (Å²) in [4.78, 5) is 43.4. The fourth-order valence-electron chi connectivity index (χ4n) is 3.16. The van der Waals surface area contributed by atoms with Crippen molar-refractivity contribution in [3.63, 3.8) is 0 Å². The number of esters is 3. The van der Waals surface area contributed by atoms with Crippen LogP contribution in [0.15, 0.2) is 12.4 Å². The van der Waals surface area contributed by atoms with E-state index < -0.39 is 35.8 Å². The van der Waals surface area contributed by atoms with Crippen LogP contribution < -0.4 is 0 Å². The maximum atomic E-state index is 12.0. The number of imidazole rings is 1. The molecule has 0 bridgehead atoms. The highest BCUT2D eigenvalue weighted by atomic mass is 35.5. The molecule has 0 saturated carbocycles. The number of carbonyl (C=O) groups is 3. The van der Waals surface area contributed by atoms with Crippen LogP contribution in [-0.2, 0) is 39.1 Å². The van der Waals surface area contributed by atoms with E-state index in [-0.39, 0.29) is 29.0 Å². The number of fused-ring (bicyclic) bond motifs is 1. The summed E-state index contributed by atoms with van der Waals surface area (Å²) in [5, 5.41) is 0.317. The molecule has 2 aromatic heterocycles. The van der Waals surface area contributed by atoms with Crippen molar-refractivity contribution in [3.05, 3.63) is 22.6 Å². The Morgan fingerprint density at radius 3 is 2.59 bits per heavy atom. The van der Waals surface area contributed by atoms with Gasteiger partial charge in [0.2, 0.25) is 0 Å². The van der Waals surface area contributed by atoms with Crippen molar-refractivity contribution < 1.29 is 33.3 Å². The van der Waals surface area contributed by atoms with Gasteiger partial charge in [-0.1, -0.05) is 23.2 Å². The molecule has 2 aromatic rings.